The molecule has 0 aliphatic heterocycles. The molecule has 3 atom stereocenters. The van der Waals surface area contributed by atoms with Crippen molar-refractivity contribution >= 4 is 5.91 Å². The summed E-state index contributed by atoms with van der Waals surface area (Å²) in [5.74, 6) is 0.774. The normalized spacial score (nSPS) is 23.2. The van der Waals surface area contributed by atoms with E-state index in [1.54, 1.807) is 0 Å². The van der Waals surface area contributed by atoms with Crippen LogP contribution in [-0.4, -0.2) is 32.2 Å². The number of carbonyl (C=O) groups is 1. The molecule has 1 aliphatic carbocycles. The van der Waals surface area contributed by atoms with Crippen LogP contribution in [0.25, 0.3) is 11.4 Å². The molecule has 146 valence electrons. The lowest BCUT2D eigenvalue weighted by Crippen LogP contribution is -2.45. The van der Waals surface area contributed by atoms with Gasteiger partial charge in [-0.25, -0.2) is 0 Å². The molecular formula is C18H22F3N5O. The van der Waals surface area contributed by atoms with Crippen LogP contribution in [0.1, 0.15) is 38.7 Å². The molecule has 0 spiro atoms. The first-order valence-corrected chi connectivity index (χ1v) is 8.99. The smallest absolute Gasteiger partial charge is 0.351 e. The Morgan fingerprint density at radius 1 is 1.30 bits per heavy atom. The number of alkyl halides is 3. The van der Waals surface area contributed by atoms with E-state index in [0.29, 0.717) is 11.8 Å². The second-order valence-electron chi connectivity index (χ2n) is 7.16. The van der Waals surface area contributed by atoms with Crippen molar-refractivity contribution in [3.05, 3.63) is 29.8 Å². The summed E-state index contributed by atoms with van der Waals surface area (Å²) in [6.07, 6.45) is -1.26. The van der Waals surface area contributed by atoms with Crippen LogP contribution in [0, 0.1) is 11.8 Å². The van der Waals surface area contributed by atoms with Gasteiger partial charge >= 0.3 is 6.18 Å². The van der Waals surface area contributed by atoms with E-state index < -0.39 is 11.7 Å². The van der Waals surface area contributed by atoms with E-state index in [9.17, 15) is 18.0 Å². The molecule has 1 fully saturated rings. The third-order valence-corrected chi connectivity index (χ3v) is 5.24. The molecule has 0 saturated heterocycles. The first-order valence-electron chi connectivity index (χ1n) is 8.99. The van der Waals surface area contributed by atoms with E-state index in [4.69, 9.17) is 0 Å². The summed E-state index contributed by atoms with van der Waals surface area (Å²) in [5, 5.41) is 14.6. The fourth-order valence-corrected chi connectivity index (χ4v) is 3.43. The minimum Gasteiger partial charge on any atom is -0.351 e. The van der Waals surface area contributed by atoms with Gasteiger partial charge in [-0.15, -0.1) is 10.2 Å². The van der Waals surface area contributed by atoms with Crippen molar-refractivity contribution in [1.29, 1.82) is 0 Å². The Morgan fingerprint density at radius 3 is 2.81 bits per heavy atom. The maximum atomic E-state index is 12.8. The SMILES string of the molecule is C[C@@H]1[C@H](C)CCC[C@@H]1NC(=O)Cn1nnc(-c2cccc(C(F)(F)F)c2)n1. The van der Waals surface area contributed by atoms with Crippen LogP contribution in [0.15, 0.2) is 24.3 Å². The molecule has 1 amide bonds. The largest absolute Gasteiger partial charge is 0.416 e. The number of rotatable bonds is 4. The van der Waals surface area contributed by atoms with Gasteiger partial charge in [0.1, 0.15) is 6.54 Å². The van der Waals surface area contributed by atoms with E-state index in [1.807, 2.05) is 0 Å². The van der Waals surface area contributed by atoms with Gasteiger partial charge in [0.25, 0.3) is 0 Å². The molecule has 2 aromatic rings. The summed E-state index contributed by atoms with van der Waals surface area (Å²) in [6.45, 7) is 4.20. The Morgan fingerprint density at radius 2 is 2.07 bits per heavy atom. The predicted molar refractivity (Wildman–Crippen MR) is 92.4 cm³/mol. The van der Waals surface area contributed by atoms with E-state index in [0.717, 1.165) is 29.8 Å². The fraction of sp³-hybridized carbons (Fsp3) is 0.556. The van der Waals surface area contributed by atoms with Crippen molar-refractivity contribution < 1.29 is 18.0 Å². The lowest BCUT2D eigenvalue weighted by Gasteiger charge is -2.34. The number of nitrogens with zero attached hydrogens (tertiary/aromatic N) is 4. The zero-order valence-electron chi connectivity index (χ0n) is 15.2. The summed E-state index contributed by atoms with van der Waals surface area (Å²) >= 11 is 0. The van der Waals surface area contributed by atoms with Crippen molar-refractivity contribution in [1.82, 2.24) is 25.5 Å². The van der Waals surface area contributed by atoms with Crippen LogP contribution in [-0.2, 0) is 17.5 Å². The highest BCUT2D eigenvalue weighted by atomic mass is 19.4. The van der Waals surface area contributed by atoms with Gasteiger partial charge in [-0.3, -0.25) is 4.79 Å². The van der Waals surface area contributed by atoms with Crippen molar-refractivity contribution in [2.75, 3.05) is 0 Å². The summed E-state index contributed by atoms with van der Waals surface area (Å²) in [4.78, 5) is 13.4. The molecular weight excluding hydrogens is 359 g/mol. The average molecular weight is 381 g/mol. The molecule has 3 rings (SSSR count). The Hall–Kier alpha value is -2.45. The van der Waals surface area contributed by atoms with Gasteiger partial charge in [-0.2, -0.15) is 18.0 Å². The van der Waals surface area contributed by atoms with Crippen LogP contribution in [0.3, 0.4) is 0 Å². The van der Waals surface area contributed by atoms with E-state index in [-0.39, 0.29) is 29.9 Å². The quantitative estimate of drug-likeness (QED) is 0.882. The Labute approximate surface area is 155 Å². The number of nitrogens with one attached hydrogen (secondary N) is 1. The third kappa shape index (κ3) is 4.64. The fourth-order valence-electron chi connectivity index (χ4n) is 3.43. The molecule has 1 N–H and O–H groups in total. The summed E-state index contributed by atoms with van der Waals surface area (Å²) in [7, 11) is 0. The first kappa shape index (κ1) is 19.3. The van der Waals surface area contributed by atoms with Gasteiger partial charge in [-0.1, -0.05) is 38.8 Å². The number of hydrogen-bond acceptors (Lipinski definition) is 4. The van der Waals surface area contributed by atoms with Gasteiger partial charge in [0.2, 0.25) is 11.7 Å². The predicted octanol–water partition coefficient (Wildman–Crippen LogP) is 3.30. The molecule has 9 heteroatoms. The third-order valence-electron chi connectivity index (χ3n) is 5.24. The van der Waals surface area contributed by atoms with Crippen LogP contribution in [0.5, 0.6) is 0 Å². The molecule has 1 aliphatic rings. The topological polar surface area (TPSA) is 72.7 Å². The minimum atomic E-state index is -4.44. The lowest BCUT2D eigenvalue weighted by molar-refractivity contribution is -0.137. The van der Waals surface area contributed by atoms with Crippen LogP contribution in [0.4, 0.5) is 13.2 Å². The van der Waals surface area contributed by atoms with Crippen LogP contribution >= 0.6 is 0 Å². The minimum absolute atomic E-state index is 0.0496. The van der Waals surface area contributed by atoms with Gasteiger partial charge in [0.05, 0.1) is 5.56 Å². The highest BCUT2D eigenvalue weighted by Crippen LogP contribution is 2.31. The zero-order valence-corrected chi connectivity index (χ0v) is 15.2. The van der Waals surface area contributed by atoms with E-state index >= 15 is 0 Å². The second-order valence-corrected chi connectivity index (χ2v) is 7.16. The van der Waals surface area contributed by atoms with Crippen molar-refractivity contribution in [2.45, 2.75) is 51.9 Å². The van der Waals surface area contributed by atoms with Crippen LogP contribution < -0.4 is 5.32 Å². The molecule has 27 heavy (non-hydrogen) atoms. The summed E-state index contributed by atoms with van der Waals surface area (Å²) in [6, 6.07) is 4.83. The molecule has 1 heterocycles. The Kier molecular flexibility index (Phi) is 5.48. The molecule has 0 radical (unpaired) electrons. The van der Waals surface area contributed by atoms with Crippen molar-refractivity contribution in [3.63, 3.8) is 0 Å². The summed E-state index contributed by atoms with van der Waals surface area (Å²) in [5.41, 5.74) is -0.583. The van der Waals surface area contributed by atoms with Crippen molar-refractivity contribution in [2.24, 2.45) is 11.8 Å². The molecule has 1 aromatic carbocycles. The monoisotopic (exact) mass is 381 g/mol. The maximum absolute atomic E-state index is 12.8. The number of halogens is 3. The highest BCUT2D eigenvalue weighted by molar-refractivity contribution is 5.75. The number of aromatic nitrogens is 4. The van der Waals surface area contributed by atoms with Crippen LogP contribution in [0.2, 0.25) is 0 Å². The number of benzene rings is 1. The molecule has 1 saturated carbocycles. The molecule has 6 nitrogen and oxygen atoms in total. The van der Waals surface area contributed by atoms with E-state index in [1.165, 1.54) is 18.6 Å². The number of amides is 1. The molecule has 0 unspecified atom stereocenters. The summed E-state index contributed by atoms with van der Waals surface area (Å²) < 4.78 is 38.5. The Balaban J connectivity index is 1.65. The van der Waals surface area contributed by atoms with Gasteiger partial charge in [0.15, 0.2) is 0 Å². The maximum Gasteiger partial charge on any atom is 0.416 e. The van der Waals surface area contributed by atoms with Gasteiger partial charge < -0.3 is 5.32 Å². The van der Waals surface area contributed by atoms with Gasteiger partial charge in [-0.05, 0) is 35.6 Å². The average Bonchev–Trinajstić information content (AvgIpc) is 3.07. The number of tetrazole rings is 1. The van der Waals surface area contributed by atoms with Gasteiger partial charge in [0, 0.05) is 11.6 Å². The second kappa shape index (κ2) is 7.66. The number of carbonyl (C=O) groups excluding carboxylic acids is 1. The lowest BCUT2D eigenvalue weighted by atomic mass is 9.78. The molecule has 1 aromatic heterocycles. The zero-order chi connectivity index (χ0) is 19.6. The number of hydrogen-bond donors (Lipinski definition) is 1. The van der Waals surface area contributed by atoms with E-state index in [2.05, 4.69) is 34.6 Å². The molecule has 0 bridgehead atoms. The first-order chi connectivity index (χ1) is 12.7. The highest BCUT2D eigenvalue weighted by Gasteiger charge is 2.31. The van der Waals surface area contributed by atoms with Crippen molar-refractivity contribution in [3.8, 4) is 11.4 Å². The Bertz CT molecular complexity index is 804. The standard InChI is InChI=1S/C18H22F3N5O/c1-11-5-3-8-15(12(11)2)22-16(27)10-26-24-17(23-25-26)13-6-4-7-14(9-13)18(19,20)21/h4,6-7,9,11-12,15H,3,5,8,10H2,1-2H3,(H,22,27)/t11-,12-,15+/m1/s1.